The number of likely N-dealkylation sites (tertiary alicyclic amines) is 1. The first-order valence-electron chi connectivity index (χ1n) is 12.3. The van der Waals surface area contributed by atoms with E-state index < -0.39 is 0 Å². The van der Waals surface area contributed by atoms with Gasteiger partial charge in [-0.3, -0.25) is 14.5 Å². The Hall–Kier alpha value is -2.47. The van der Waals surface area contributed by atoms with Gasteiger partial charge in [0.15, 0.2) is 0 Å². The minimum Gasteiger partial charge on any atom is -0.342 e. The summed E-state index contributed by atoms with van der Waals surface area (Å²) >= 11 is 0. The molecule has 0 radical (unpaired) electrons. The van der Waals surface area contributed by atoms with Crippen LogP contribution in [0.25, 0.3) is 0 Å². The van der Waals surface area contributed by atoms with E-state index in [-0.39, 0.29) is 17.4 Å². The largest absolute Gasteiger partial charge is 0.342 e. The van der Waals surface area contributed by atoms with Crippen LogP contribution in [0.4, 0.5) is 0 Å². The quantitative estimate of drug-likeness (QED) is 0.783. The fraction of sp³-hybridized carbons (Fsp3) is 0.577. The van der Waals surface area contributed by atoms with Crippen LogP contribution in [0.1, 0.15) is 73.5 Å². The Morgan fingerprint density at radius 3 is 2.69 bits per heavy atom. The lowest BCUT2D eigenvalue weighted by Crippen LogP contribution is -2.42. The first-order valence-corrected chi connectivity index (χ1v) is 12.3. The Labute approximate surface area is 190 Å². The predicted octanol–water partition coefficient (Wildman–Crippen LogP) is 3.41. The van der Waals surface area contributed by atoms with E-state index in [4.69, 9.17) is 4.98 Å². The maximum absolute atomic E-state index is 12.8. The van der Waals surface area contributed by atoms with Crippen LogP contribution in [-0.4, -0.2) is 51.4 Å². The fourth-order valence-corrected chi connectivity index (χ4v) is 5.69. The number of rotatable bonds is 5. The number of carbonyl (C=O) groups is 1. The van der Waals surface area contributed by atoms with Crippen LogP contribution in [-0.2, 0) is 24.2 Å². The smallest absolute Gasteiger partial charge is 0.254 e. The first-order chi connectivity index (χ1) is 15.7. The van der Waals surface area contributed by atoms with Crippen molar-refractivity contribution in [2.24, 2.45) is 0 Å². The van der Waals surface area contributed by atoms with Gasteiger partial charge in [-0.25, -0.2) is 4.98 Å². The van der Waals surface area contributed by atoms with E-state index in [0.717, 1.165) is 56.0 Å². The van der Waals surface area contributed by atoms with Crippen LogP contribution in [0.15, 0.2) is 35.1 Å². The van der Waals surface area contributed by atoms with Crippen molar-refractivity contribution in [2.75, 3.05) is 19.6 Å². The molecule has 3 heterocycles. The zero-order chi connectivity index (χ0) is 21.9. The van der Waals surface area contributed by atoms with E-state index in [1.54, 1.807) is 0 Å². The van der Waals surface area contributed by atoms with Crippen molar-refractivity contribution >= 4 is 5.91 Å². The Bertz CT molecular complexity index is 997. The molecule has 1 N–H and O–H groups in total. The van der Waals surface area contributed by atoms with Crippen molar-refractivity contribution in [1.29, 1.82) is 0 Å². The zero-order valence-corrected chi connectivity index (χ0v) is 18.9. The van der Waals surface area contributed by atoms with Gasteiger partial charge in [-0.15, -0.1) is 0 Å². The summed E-state index contributed by atoms with van der Waals surface area (Å²) in [5, 5.41) is 0. The normalized spacial score (nSPS) is 22.1. The third-order valence-corrected chi connectivity index (χ3v) is 7.61. The summed E-state index contributed by atoms with van der Waals surface area (Å²) in [6.07, 6.45) is 9.49. The van der Waals surface area contributed by atoms with Crippen molar-refractivity contribution < 1.29 is 4.79 Å². The average Bonchev–Trinajstić information content (AvgIpc) is 3.34. The number of benzene rings is 1. The van der Waals surface area contributed by atoms with Crippen molar-refractivity contribution in [3.63, 3.8) is 0 Å². The second kappa shape index (κ2) is 9.57. The van der Waals surface area contributed by atoms with Crippen LogP contribution in [0.2, 0.25) is 0 Å². The Morgan fingerprint density at radius 2 is 1.88 bits per heavy atom. The number of aromatic nitrogens is 2. The summed E-state index contributed by atoms with van der Waals surface area (Å²) in [6, 6.07) is 10.8. The highest BCUT2D eigenvalue weighted by Crippen LogP contribution is 2.29. The number of carbonyl (C=O) groups excluding carboxylic acids is 1. The summed E-state index contributed by atoms with van der Waals surface area (Å²) in [6.45, 7) is 3.16. The number of amides is 1. The van der Waals surface area contributed by atoms with Gasteiger partial charge in [0.2, 0.25) is 5.91 Å². The molecule has 2 aliphatic heterocycles. The Morgan fingerprint density at radius 1 is 1.06 bits per heavy atom. The summed E-state index contributed by atoms with van der Waals surface area (Å²) in [5.74, 6) is 1.09. The topological polar surface area (TPSA) is 69.3 Å². The summed E-state index contributed by atoms with van der Waals surface area (Å²) < 4.78 is 0. The minimum atomic E-state index is 0.0298. The monoisotopic (exact) mass is 434 g/mol. The molecule has 1 amide bonds. The van der Waals surface area contributed by atoms with E-state index >= 15 is 0 Å². The van der Waals surface area contributed by atoms with Crippen molar-refractivity contribution in [3.8, 4) is 0 Å². The van der Waals surface area contributed by atoms with E-state index in [1.165, 1.54) is 37.7 Å². The van der Waals surface area contributed by atoms with Gasteiger partial charge in [0.05, 0.1) is 5.69 Å². The van der Waals surface area contributed by atoms with Gasteiger partial charge in [-0.1, -0.05) is 49.6 Å². The second-order valence-electron chi connectivity index (χ2n) is 9.70. The number of nitrogens with zero attached hydrogens (tertiary/aromatic N) is 3. The predicted molar refractivity (Wildman–Crippen MR) is 125 cm³/mol. The van der Waals surface area contributed by atoms with Crippen LogP contribution in [0.3, 0.4) is 0 Å². The minimum absolute atomic E-state index is 0.0298. The molecule has 6 heteroatoms. The Balaban J connectivity index is 1.23. The molecule has 5 rings (SSSR count). The summed E-state index contributed by atoms with van der Waals surface area (Å²) in [7, 11) is 0. The molecule has 1 aromatic heterocycles. The molecule has 1 saturated carbocycles. The maximum Gasteiger partial charge on any atom is 0.254 e. The van der Waals surface area contributed by atoms with Crippen LogP contribution >= 0.6 is 0 Å². The number of aromatic amines is 1. The molecular weight excluding hydrogens is 400 g/mol. The molecule has 6 nitrogen and oxygen atoms in total. The van der Waals surface area contributed by atoms with Crippen molar-refractivity contribution in [3.05, 3.63) is 63.3 Å². The molecule has 3 aliphatic rings. The van der Waals surface area contributed by atoms with E-state index in [0.29, 0.717) is 19.0 Å². The fourth-order valence-electron chi connectivity index (χ4n) is 5.69. The van der Waals surface area contributed by atoms with Gasteiger partial charge in [-0.05, 0) is 37.7 Å². The Kier molecular flexibility index (Phi) is 6.39. The SMILES string of the molecule is O=C(CCc1ccccc1)N1CCC(c2nc3c(c(=O)[nH]2)CCN(C2CCCCC2)C3)C1. The molecule has 1 unspecified atom stereocenters. The number of hydrogen-bond acceptors (Lipinski definition) is 4. The van der Waals surface area contributed by atoms with Gasteiger partial charge < -0.3 is 9.88 Å². The molecule has 2 aromatic rings. The average molecular weight is 435 g/mol. The van der Waals surface area contributed by atoms with Gasteiger partial charge in [0, 0.05) is 50.1 Å². The van der Waals surface area contributed by atoms with E-state index in [2.05, 4.69) is 22.0 Å². The van der Waals surface area contributed by atoms with Gasteiger partial charge in [0.25, 0.3) is 5.56 Å². The van der Waals surface area contributed by atoms with Gasteiger partial charge in [0.1, 0.15) is 5.82 Å². The molecular formula is C26H34N4O2. The van der Waals surface area contributed by atoms with Crippen molar-refractivity contribution in [2.45, 2.75) is 76.3 Å². The lowest BCUT2D eigenvalue weighted by Gasteiger charge is -2.37. The molecule has 0 bridgehead atoms. The highest BCUT2D eigenvalue weighted by atomic mass is 16.2. The van der Waals surface area contributed by atoms with Crippen LogP contribution in [0.5, 0.6) is 0 Å². The maximum atomic E-state index is 12.8. The zero-order valence-electron chi connectivity index (χ0n) is 18.9. The third kappa shape index (κ3) is 4.65. The second-order valence-corrected chi connectivity index (χ2v) is 9.70. The number of aryl methyl sites for hydroxylation is 1. The number of hydrogen-bond donors (Lipinski definition) is 1. The number of fused-ring (bicyclic) bond motifs is 1. The highest BCUT2D eigenvalue weighted by Gasteiger charge is 2.31. The molecule has 170 valence electrons. The third-order valence-electron chi connectivity index (χ3n) is 7.61. The molecule has 1 atom stereocenters. The molecule has 32 heavy (non-hydrogen) atoms. The molecule has 2 fully saturated rings. The van der Waals surface area contributed by atoms with Gasteiger partial charge in [-0.2, -0.15) is 0 Å². The first kappa shape index (κ1) is 21.4. The standard InChI is InChI=1S/C26H34N4O2/c31-24(12-11-19-7-3-1-4-8-19)30-15-13-20(17-30)25-27-23-18-29(21-9-5-2-6-10-21)16-14-22(23)26(32)28-25/h1,3-4,7-8,20-21H,2,5-6,9-18H2,(H,27,28,32). The molecule has 1 aliphatic carbocycles. The summed E-state index contributed by atoms with van der Waals surface area (Å²) in [4.78, 5) is 38.1. The molecule has 0 spiro atoms. The van der Waals surface area contributed by atoms with E-state index in [9.17, 15) is 9.59 Å². The van der Waals surface area contributed by atoms with Gasteiger partial charge >= 0.3 is 0 Å². The number of H-pyrrole nitrogens is 1. The highest BCUT2D eigenvalue weighted by molar-refractivity contribution is 5.76. The van der Waals surface area contributed by atoms with Crippen LogP contribution in [0, 0.1) is 0 Å². The lowest BCUT2D eigenvalue weighted by molar-refractivity contribution is -0.130. The lowest BCUT2D eigenvalue weighted by atomic mass is 9.92. The molecule has 1 saturated heterocycles. The summed E-state index contributed by atoms with van der Waals surface area (Å²) in [5.41, 5.74) is 3.06. The van der Waals surface area contributed by atoms with Crippen molar-refractivity contribution in [1.82, 2.24) is 19.8 Å². The number of nitrogens with one attached hydrogen (secondary N) is 1. The van der Waals surface area contributed by atoms with E-state index in [1.807, 2.05) is 23.1 Å². The van der Waals surface area contributed by atoms with Crippen LogP contribution < -0.4 is 5.56 Å². The molecule has 1 aromatic carbocycles.